The van der Waals surface area contributed by atoms with Crippen molar-refractivity contribution in [2.24, 2.45) is 0 Å². The Morgan fingerprint density at radius 2 is 1.24 bits per heavy atom. The summed E-state index contributed by atoms with van der Waals surface area (Å²) in [6.45, 7) is 0. The maximum absolute atomic E-state index is 13.7. The maximum atomic E-state index is 13.7. The van der Waals surface area contributed by atoms with Crippen molar-refractivity contribution in [2.75, 3.05) is 4.90 Å². The maximum Gasteiger partial charge on any atom is 0.346 e. The number of rotatable bonds is 4. The summed E-state index contributed by atoms with van der Waals surface area (Å²) in [5, 5.41) is 0. The number of fused-ring (bicyclic) bond motifs is 3. The van der Waals surface area contributed by atoms with Gasteiger partial charge in [0.1, 0.15) is 5.76 Å². The minimum absolute atomic E-state index is 0.335. The van der Waals surface area contributed by atoms with Crippen molar-refractivity contribution in [2.45, 2.75) is 10.6 Å². The molecule has 0 atom stereocenters. The molecule has 0 aliphatic carbocycles. The summed E-state index contributed by atoms with van der Waals surface area (Å²) in [6, 6.07) is 38.4. The van der Waals surface area contributed by atoms with Crippen molar-refractivity contribution in [3.8, 4) is 22.5 Å². The Labute approximate surface area is 202 Å². The smallest absolute Gasteiger partial charge is 0.346 e. The minimum Gasteiger partial charge on any atom is -0.422 e. The second kappa shape index (κ2) is 8.73. The van der Waals surface area contributed by atoms with Crippen LogP contribution in [-0.2, 0) is 5.75 Å². The molecular weight excluding hydrogens is 438 g/mol. The molecule has 0 amide bonds. The van der Waals surface area contributed by atoms with Crippen LogP contribution in [0.2, 0.25) is 0 Å². The minimum atomic E-state index is -0.335. The largest absolute Gasteiger partial charge is 0.422 e. The monoisotopic (exact) mass is 459 g/mol. The van der Waals surface area contributed by atoms with Crippen LogP contribution in [-0.4, -0.2) is 0 Å². The summed E-state index contributed by atoms with van der Waals surface area (Å²) in [5.74, 6) is 1.37. The van der Waals surface area contributed by atoms with Crippen molar-refractivity contribution in [3.63, 3.8) is 0 Å². The highest BCUT2D eigenvalue weighted by molar-refractivity contribution is 7.98. The molecule has 0 unspecified atom stereocenters. The molecule has 0 N–H and O–H groups in total. The molecule has 4 aromatic carbocycles. The Morgan fingerprint density at radius 1 is 0.676 bits per heavy atom. The Bertz CT molecular complexity index is 1470. The number of hydrogen-bond donors (Lipinski definition) is 0. The summed E-state index contributed by atoms with van der Waals surface area (Å²) in [5.41, 5.74) is 5.92. The van der Waals surface area contributed by atoms with Gasteiger partial charge in [0, 0.05) is 33.2 Å². The molecule has 0 bridgehead atoms. The van der Waals surface area contributed by atoms with Gasteiger partial charge in [-0.05, 0) is 35.9 Å². The number of thioether (sulfide) groups is 1. The van der Waals surface area contributed by atoms with E-state index in [1.807, 2.05) is 84.9 Å². The van der Waals surface area contributed by atoms with E-state index in [0.29, 0.717) is 17.1 Å². The summed E-state index contributed by atoms with van der Waals surface area (Å²) < 4.78 is 6.08. The fraction of sp³-hybridized carbons (Fsp3) is 0.0333. The summed E-state index contributed by atoms with van der Waals surface area (Å²) in [6.07, 6.45) is 0. The molecule has 1 aromatic heterocycles. The fourth-order valence-corrected chi connectivity index (χ4v) is 5.57. The first-order chi connectivity index (χ1) is 16.8. The molecule has 0 fully saturated rings. The van der Waals surface area contributed by atoms with Gasteiger partial charge in [0.15, 0.2) is 0 Å². The van der Waals surface area contributed by atoms with Gasteiger partial charge in [-0.1, -0.05) is 84.9 Å². The number of benzene rings is 4. The Balaban J connectivity index is 1.74. The van der Waals surface area contributed by atoms with E-state index in [-0.39, 0.29) is 5.63 Å². The highest BCUT2D eigenvalue weighted by Crippen LogP contribution is 2.49. The van der Waals surface area contributed by atoms with Gasteiger partial charge in [0.05, 0.1) is 11.3 Å². The van der Waals surface area contributed by atoms with E-state index in [1.165, 1.54) is 0 Å². The zero-order chi connectivity index (χ0) is 22.9. The highest BCUT2D eigenvalue weighted by atomic mass is 32.2. The van der Waals surface area contributed by atoms with Gasteiger partial charge in [-0.25, -0.2) is 4.79 Å². The number of anilines is 3. The van der Waals surface area contributed by atoms with Gasteiger partial charge in [0.25, 0.3) is 0 Å². The molecule has 3 nitrogen and oxygen atoms in total. The van der Waals surface area contributed by atoms with E-state index in [9.17, 15) is 4.79 Å². The summed E-state index contributed by atoms with van der Waals surface area (Å²) in [7, 11) is 0. The third-order valence-corrected chi connectivity index (χ3v) is 7.11. The van der Waals surface area contributed by atoms with E-state index < -0.39 is 0 Å². The lowest BCUT2D eigenvalue weighted by Gasteiger charge is -2.31. The van der Waals surface area contributed by atoms with Crippen molar-refractivity contribution >= 4 is 28.8 Å². The van der Waals surface area contributed by atoms with Crippen LogP contribution in [0.25, 0.3) is 22.5 Å². The Morgan fingerprint density at radius 3 is 1.88 bits per heavy atom. The molecule has 6 rings (SSSR count). The van der Waals surface area contributed by atoms with Crippen LogP contribution < -0.4 is 10.5 Å². The molecule has 2 heterocycles. The lowest BCUT2D eigenvalue weighted by Crippen LogP contribution is -2.19. The van der Waals surface area contributed by atoms with E-state index >= 15 is 0 Å². The average Bonchev–Trinajstić information content (AvgIpc) is 2.90. The molecular formula is C30H21NO2S. The van der Waals surface area contributed by atoms with Crippen molar-refractivity contribution in [1.82, 2.24) is 0 Å². The van der Waals surface area contributed by atoms with Crippen molar-refractivity contribution in [3.05, 3.63) is 131 Å². The van der Waals surface area contributed by atoms with E-state index in [0.717, 1.165) is 38.6 Å². The van der Waals surface area contributed by atoms with Crippen LogP contribution in [0.3, 0.4) is 0 Å². The molecule has 0 saturated heterocycles. The Hall–Kier alpha value is -4.02. The van der Waals surface area contributed by atoms with Gasteiger partial charge in [-0.2, -0.15) is 0 Å². The van der Waals surface area contributed by atoms with Crippen LogP contribution in [0.1, 0.15) is 5.56 Å². The third-order valence-electron chi connectivity index (χ3n) is 6.01. The molecule has 164 valence electrons. The van der Waals surface area contributed by atoms with Crippen LogP contribution in [0.5, 0.6) is 0 Å². The second-order valence-electron chi connectivity index (χ2n) is 8.08. The second-order valence-corrected chi connectivity index (χ2v) is 9.10. The van der Waals surface area contributed by atoms with E-state index in [4.69, 9.17) is 4.42 Å². The first kappa shape index (κ1) is 20.6. The standard InChI is InChI=1S/C30H21NO2S/c32-30-27(21-12-4-1-5-13-21)28(25-20-34-26-19-11-10-18-24(26)29(25)33-30)31(22-14-6-2-7-15-22)23-16-8-3-9-17-23/h1-19H,20H2. The molecule has 1 aliphatic heterocycles. The lowest BCUT2D eigenvalue weighted by atomic mass is 9.97. The van der Waals surface area contributed by atoms with E-state index in [1.54, 1.807) is 11.8 Å². The molecule has 0 saturated carbocycles. The van der Waals surface area contributed by atoms with Gasteiger partial charge >= 0.3 is 5.63 Å². The molecule has 0 radical (unpaired) electrons. The van der Waals surface area contributed by atoms with Crippen LogP contribution in [0, 0.1) is 0 Å². The SMILES string of the molecule is O=c1oc2c(c(N(c3ccccc3)c3ccccc3)c1-c1ccccc1)CSc1ccccc1-2. The number of para-hydroxylation sites is 2. The zero-order valence-corrected chi connectivity index (χ0v) is 19.2. The summed E-state index contributed by atoms with van der Waals surface area (Å²) >= 11 is 1.77. The fourth-order valence-electron chi connectivity index (χ4n) is 4.51. The van der Waals surface area contributed by atoms with Crippen LogP contribution in [0.15, 0.2) is 129 Å². The Kier molecular flexibility index (Phi) is 5.28. The van der Waals surface area contributed by atoms with Crippen LogP contribution >= 0.6 is 11.8 Å². The molecule has 5 aromatic rings. The van der Waals surface area contributed by atoms with Gasteiger partial charge in [0.2, 0.25) is 0 Å². The van der Waals surface area contributed by atoms with Gasteiger partial charge < -0.3 is 9.32 Å². The normalized spacial score (nSPS) is 12.0. The molecule has 0 spiro atoms. The zero-order valence-electron chi connectivity index (χ0n) is 18.3. The summed E-state index contributed by atoms with van der Waals surface area (Å²) in [4.78, 5) is 17.0. The first-order valence-electron chi connectivity index (χ1n) is 11.2. The first-order valence-corrected chi connectivity index (χ1v) is 12.2. The van der Waals surface area contributed by atoms with E-state index in [2.05, 4.69) is 35.2 Å². The van der Waals surface area contributed by atoms with Crippen molar-refractivity contribution < 1.29 is 4.42 Å². The topological polar surface area (TPSA) is 33.5 Å². The molecule has 34 heavy (non-hydrogen) atoms. The number of nitrogens with zero attached hydrogens (tertiary/aromatic N) is 1. The van der Waals surface area contributed by atoms with Crippen LogP contribution in [0.4, 0.5) is 17.1 Å². The highest BCUT2D eigenvalue weighted by Gasteiger charge is 2.30. The number of hydrogen-bond acceptors (Lipinski definition) is 4. The van der Waals surface area contributed by atoms with Gasteiger partial charge in [-0.3, -0.25) is 0 Å². The predicted molar refractivity (Wildman–Crippen MR) is 140 cm³/mol. The van der Waals surface area contributed by atoms with Crippen molar-refractivity contribution in [1.29, 1.82) is 0 Å². The predicted octanol–water partition coefficient (Wildman–Crippen LogP) is 8.05. The average molecular weight is 460 g/mol. The molecule has 1 aliphatic rings. The molecule has 4 heteroatoms. The quantitative estimate of drug-likeness (QED) is 0.272. The lowest BCUT2D eigenvalue weighted by molar-refractivity contribution is 0.523. The third kappa shape index (κ3) is 3.53. The van der Waals surface area contributed by atoms with Gasteiger partial charge in [-0.15, -0.1) is 11.8 Å².